The first kappa shape index (κ1) is 21.3. The monoisotopic (exact) mass is 425 g/mol. The van der Waals surface area contributed by atoms with Gasteiger partial charge in [-0.1, -0.05) is 66.7 Å². The maximum Gasteiger partial charge on any atom is 0.188 e. The van der Waals surface area contributed by atoms with Crippen LogP contribution in [-0.2, 0) is 6.42 Å². The van der Waals surface area contributed by atoms with Crippen molar-refractivity contribution in [3.8, 4) is 28.1 Å². The molecule has 1 heterocycles. The molecule has 0 fully saturated rings. The number of rotatable bonds is 8. The van der Waals surface area contributed by atoms with E-state index in [0.29, 0.717) is 11.3 Å². The Morgan fingerprint density at radius 2 is 1.53 bits per heavy atom. The zero-order chi connectivity index (χ0) is 22.5. The summed E-state index contributed by atoms with van der Waals surface area (Å²) in [6.45, 7) is -0.533. The van der Waals surface area contributed by atoms with E-state index in [-0.39, 0.29) is 18.0 Å². The van der Waals surface area contributed by atoms with Crippen molar-refractivity contribution in [2.75, 3.05) is 13.7 Å². The Bertz CT molecular complexity index is 1220. The number of Topliss-reactive ketones (excluding diaryl/α,β-unsaturated/α-hetero) is 2. The Kier molecular flexibility index (Phi) is 6.29. The first-order chi connectivity index (χ1) is 15.6. The van der Waals surface area contributed by atoms with Crippen molar-refractivity contribution in [1.82, 2.24) is 4.98 Å². The largest absolute Gasteiger partial charge is 0.497 e. The maximum atomic E-state index is 13.3. The highest BCUT2D eigenvalue weighted by atomic mass is 16.5. The third-order valence-electron chi connectivity index (χ3n) is 5.37. The molecule has 5 nitrogen and oxygen atoms in total. The lowest BCUT2D eigenvalue weighted by molar-refractivity contribution is 0.0903. The average Bonchev–Trinajstić information content (AvgIpc) is 3.30. The number of nitrogens with one attached hydrogen (secondary N) is 1. The minimum Gasteiger partial charge on any atom is -0.497 e. The standard InChI is InChI=1S/C27H23NO4/c1-32-22-13-11-19(12-14-22)23-16-24(20-5-3-2-4-6-20)28-27(23)25(30)15-18-7-9-21(10-8-18)26(31)17-29/h2-14,16,28-29H,15,17H2,1H3. The number of ketones is 2. The number of H-pyrrole nitrogens is 1. The van der Waals surface area contributed by atoms with Crippen LogP contribution >= 0.6 is 0 Å². The summed E-state index contributed by atoms with van der Waals surface area (Å²) in [6, 6.07) is 26.2. The Morgan fingerprint density at radius 3 is 2.16 bits per heavy atom. The van der Waals surface area contributed by atoms with Crippen molar-refractivity contribution in [3.05, 3.63) is 102 Å². The highest BCUT2D eigenvalue weighted by molar-refractivity contribution is 6.03. The molecule has 32 heavy (non-hydrogen) atoms. The Labute approximate surface area is 186 Å². The van der Waals surface area contributed by atoms with Crippen molar-refractivity contribution in [3.63, 3.8) is 0 Å². The second kappa shape index (κ2) is 9.45. The van der Waals surface area contributed by atoms with Gasteiger partial charge in [-0.15, -0.1) is 0 Å². The first-order valence-electron chi connectivity index (χ1n) is 10.3. The number of aliphatic hydroxyl groups excluding tert-OH is 1. The number of aromatic nitrogens is 1. The predicted molar refractivity (Wildman–Crippen MR) is 124 cm³/mol. The summed E-state index contributed by atoms with van der Waals surface area (Å²) in [5.74, 6) is 0.346. The molecule has 0 radical (unpaired) electrons. The fourth-order valence-electron chi connectivity index (χ4n) is 3.62. The maximum absolute atomic E-state index is 13.3. The van der Waals surface area contributed by atoms with Crippen LogP contribution in [0.25, 0.3) is 22.4 Å². The lowest BCUT2D eigenvalue weighted by Gasteiger charge is -2.06. The summed E-state index contributed by atoms with van der Waals surface area (Å²) in [5.41, 5.74) is 5.34. The van der Waals surface area contributed by atoms with Crippen molar-refractivity contribution in [2.24, 2.45) is 0 Å². The Hall–Kier alpha value is -3.96. The van der Waals surface area contributed by atoms with Crippen molar-refractivity contribution in [2.45, 2.75) is 6.42 Å². The zero-order valence-corrected chi connectivity index (χ0v) is 17.7. The van der Waals surface area contributed by atoms with Gasteiger partial charge < -0.3 is 14.8 Å². The van der Waals surface area contributed by atoms with E-state index in [0.717, 1.165) is 33.7 Å². The van der Waals surface area contributed by atoms with Gasteiger partial charge in [0.25, 0.3) is 0 Å². The molecule has 0 aliphatic carbocycles. The molecular formula is C27H23NO4. The molecule has 4 aromatic rings. The van der Waals surface area contributed by atoms with E-state index in [4.69, 9.17) is 9.84 Å². The second-order valence-corrected chi connectivity index (χ2v) is 7.44. The summed E-state index contributed by atoms with van der Waals surface area (Å²) in [7, 11) is 1.62. The van der Waals surface area contributed by atoms with Crippen LogP contribution in [0.1, 0.15) is 26.4 Å². The minimum atomic E-state index is -0.533. The van der Waals surface area contributed by atoms with E-state index < -0.39 is 6.61 Å². The van der Waals surface area contributed by atoms with E-state index >= 15 is 0 Å². The summed E-state index contributed by atoms with van der Waals surface area (Å²) in [6.07, 6.45) is 0.186. The molecule has 1 aromatic heterocycles. The van der Waals surface area contributed by atoms with Crippen LogP contribution in [-0.4, -0.2) is 35.4 Å². The van der Waals surface area contributed by atoms with Crippen LogP contribution in [0.4, 0.5) is 0 Å². The van der Waals surface area contributed by atoms with E-state index in [1.807, 2.05) is 60.7 Å². The molecule has 0 bridgehead atoms. The number of hydrogen-bond acceptors (Lipinski definition) is 4. The fraction of sp³-hybridized carbons (Fsp3) is 0.111. The Balaban J connectivity index is 1.68. The lowest BCUT2D eigenvalue weighted by Crippen LogP contribution is -2.07. The van der Waals surface area contributed by atoms with Gasteiger partial charge in [-0.2, -0.15) is 0 Å². The molecule has 0 aliphatic rings. The highest BCUT2D eigenvalue weighted by Gasteiger charge is 2.18. The fourth-order valence-corrected chi connectivity index (χ4v) is 3.62. The van der Waals surface area contributed by atoms with Gasteiger partial charge in [-0.3, -0.25) is 9.59 Å². The summed E-state index contributed by atoms with van der Waals surface area (Å²) in [5, 5.41) is 9.00. The SMILES string of the molecule is COc1ccc(-c2cc(-c3ccccc3)[nH]c2C(=O)Cc2ccc(C(=O)CO)cc2)cc1. The average molecular weight is 425 g/mol. The number of ether oxygens (including phenoxy) is 1. The smallest absolute Gasteiger partial charge is 0.188 e. The van der Waals surface area contributed by atoms with Gasteiger partial charge in [0.1, 0.15) is 12.4 Å². The molecule has 0 atom stereocenters. The summed E-state index contributed by atoms with van der Waals surface area (Å²) >= 11 is 0. The number of methoxy groups -OCH3 is 1. The topological polar surface area (TPSA) is 79.4 Å². The van der Waals surface area contributed by atoms with Crippen molar-refractivity contribution >= 4 is 11.6 Å². The van der Waals surface area contributed by atoms with Crippen LogP contribution in [0.5, 0.6) is 5.75 Å². The van der Waals surface area contributed by atoms with Crippen LogP contribution in [0.2, 0.25) is 0 Å². The molecule has 0 unspecified atom stereocenters. The lowest BCUT2D eigenvalue weighted by atomic mass is 9.99. The van der Waals surface area contributed by atoms with Gasteiger partial charge in [-0.25, -0.2) is 0 Å². The van der Waals surface area contributed by atoms with Gasteiger partial charge in [0.15, 0.2) is 11.6 Å². The summed E-state index contributed by atoms with van der Waals surface area (Å²) in [4.78, 5) is 28.2. The number of benzene rings is 3. The molecule has 0 spiro atoms. The number of aliphatic hydroxyl groups is 1. The molecule has 2 N–H and O–H groups in total. The van der Waals surface area contributed by atoms with E-state index in [9.17, 15) is 9.59 Å². The minimum absolute atomic E-state index is 0.0563. The molecule has 3 aromatic carbocycles. The van der Waals surface area contributed by atoms with Crippen LogP contribution in [0, 0.1) is 0 Å². The number of carbonyl (C=O) groups is 2. The van der Waals surface area contributed by atoms with Gasteiger partial charge >= 0.3 is 0 Å². The zero-order valence-electron chi connectivity index (χ0n) is 17.7. The van der Waals surface area contributed by atoms with Gasteiger partial charge in [0, 0.05) is 23.2 Å². The van der Waals surface area contributed by atoms with Crippen molar-refractivity contribution < 1.29 is 19.4 Å². The molecule has 160 valence electrons. The second-order valence-electron chi connectivity index (χ2n) is 7.44. The quantitative estimate of drug-likeness (QED) is 0.391. The molecule has 0 aliphatic heterocycles. The first-order valence-corrected chi connectivity index (χ1v) is 10.3. The normalized spacial score (nSPS) is 10.7. The summed E-state index contributed by atoms with van der Waals surface area (Å²) < 4.78 is 5.26. The van der Waals surface area contributed by atoms with Gasteiger partial charge in [0.05, 0.1) is 12.8 Å². The highest BCUT2D eigenvalue weighted by Crippen LogP contribution is 2.31. The Morgan fingerprint density at radius 1 is 0.844 bits per heavy atom. The number of carbonyl (C=O) groups excluding carboxylic acids is 2. The van der Waals surface area contributed by atoms with E-state index in [1.54, 1.807) is 31.4 Å². The van der Waals surface area contributed by atoms with Gasteiger partial charge in [-0.05, 0) is 34.9 Å². The van der Waals surface area contributed by atoms with Crippen LogP contribution < -0.4 is 4.74 Å². The number of aromatic amines is 1. The molecule has 0 saturated heterocycles. The molecule has 0 saturated carbocycles. The van der Waals surface area contributed by atoms with E-state index in [1.165, 1.54) is 0 Å². The van der Waals surface area contributed by atoms with E-state index in [2.05, 4.69) is 4.98 Å². The molecular weight excluding hydrogens is 402 g/mol. The number of hydrogen-bond donors (Lipinski definition) is 2. The predicted octanol–water partition coefficient (Wildman–Crippen LogP) is 4.96. The third-order valence-corrected chi connectivity index (χ3v) is 5.37. The van der Waals surface area contributed by atoms with Gasteiger partial charge in [0.2, 0.25) is 0 Å². The molecule has 4 rings (SSSR count). The molecule has 5 heteroatoms. The van der Waals surface area contributed by atoms with Crippen LogP contribution in [0.3, 0.4) is 0 Å². The molecule has 0 amide bonds. The van der Waals surface area contributed by atoms with Crippen molar-refractivity contribution in [1.29, 1.82) is 0 Å². The third kappa shape index (κ3) is 4.53. The van der Waals surface area contributed by atoms with Crippen LogP contribution in [0.15, 0.2) is 84.9 Å².